The van der Waals surface area contributed by atoms with Crippen LogP contribution in [0.3, 0.4) is 0 Å². The maximum atomic E-state index is 10.1. The van der Waals surface area contributed by atoms with Crippen molar-refractivity contribution in [2.45, 2.75) is 0 Å². The normalized spacial score (nSPS) is 6.20. The number of hydrogen-bond donors (Lipinski definition) is 3. The van der Waals surface area contributed by atoms with Gasteiger partial charge in [-0.05, 0) is 0 Å². The van der Waals surface area contributed by atoms with Gasteiger partial charge in [0.25, 0.3) is 12.5 Å². The molecule has 9 nitrogen and oxygen atoms in total. The van der Waals surface area contributed by atoms with Crippen molar-refractivity contribution in [2.24, 2.45) is 0 Å². The van der Waals surface area contributed by atoms with Gasteiger partial charge < -0.3 is 26.0 Å². The first kappa shape index (κ1) is 19.1. The summed E-state index contributed by atoms with van der Waals surface area (Å²) < 4.78 is 6.99. The second kappa shape index (κ2) is 12.5. The van der Waals surface area contributed by atoms with E-state index < -0.39 is 19.3 Å². The minimum atomic E-state index is -2.17. The topological polar surface area (TPSA) is 161 Å². The largest absolute Gasteiger partial charge is 1.00 e. The summed E-state index contributed by atoms with van der Waals surface area (Å²) in [5, 5.41) is 36.8. The second-order valence-electron chi connectivity index (χ2n) is 1.31. The molecule has 0 amide bonds. The number of nitriles is 2. The molecule has 0 radical (unpaired) electrons. The molecule has 0 aliphatic heterocycles. The second-order valence-corrected chi connectivity index (χ2v) is 1.31. The predicted octanol–water partition coefficient (Wildman–Crippen LogP) is -5.90. The van der Waals surface area contributed by atoms with E-state index in [1.54, 1.807) is 0 Å². The molecule has 0 atom stereocenters. The standard InChI is InChI=1S/C4N2O4.BH3O3.Li.H/c5-1-9-3(7)4(8)10-2-6;2-1(3)4;;/h;2-4H;;/q;;+1;-1. The Morgan fingerprint density at radius 2 is 1.27 bits per heavy atom. The van der Waals surface area contributed by atoms with Gasteiger partial charge in [-0.25, -0.2) is 9.59 Å². The first-order chi connectivity index (χ1) is 6.45. The van der Waals surface area contributed by atoms with E-state index in [9.17, 15) is 9.59 Å². The first-order valence-electron chi connectivity index (χ1n) is 2.70. The third-order valence-electron chi connectivity index (χ3n) is 0.443. The van der Waals surface area contributed by atoms with Gasteiger partial charge in [0.2, 0.25) is 0 Å². The summed E-state index contributed by atoms with van der Waals surface area (Å²) in [6.07, 6.45) is 1.89. The summed E-state index contributed by atoms with van der Waals surface area (Å²) in [6.45, 7) is 0. The van der Waals surface area contributed by atoms with Gasteiger partial charge in [-0.15, -0.1) is 10.5 Å². The van der Waals surface area contributed by atoms with Gasteiger partial charge in [0.05, 0.1) is 0 Å². The van der Waals surface area contributed by atoms with E-state index in [2.05, 4.69) is 9.47 Å². The molecule has 15 heavy (non-hydrogen) atoms. The fourth-order valence-corrected chi connectivity index (χ4v) is 0.166. The van der Waals surface area contributed by atoms with Crippen molar-refractivity contribution in [1.29, 1.82) is 10.5 Å². The number of esters is 2. The van der Waals surface area contributed by atoms with Crippen LogP contribution in [0.4, 0.5) is 0 Å². The van der Waals surface area contributed by atoms with Gasteiger partial charge in [0.15, 0.2) is 0 Å². The molecule has 3 N–H and O–H groups in total. The minimum Gasteiger partial charge on any atom is -1.00 e. The first-order valence-corrected chi connectivity index (χ1v) is 2.70. The average molecular weight is 210 g/mol. The molecular formula is C4H4BLiN2O7. The fourth-order valence-electron chi connectivity index (χ4n) is 0.166. The molecule has 0 aliphatic rings. The van der Waals surface area contributed by atoms with Gasteiger partial charge >= 0.3 is 38.1 Å². The molecule has 11 heteroatoms. The molecule has 0 heterocycles. The Kier molecular flexibility index (Phi) is 15.9. The fraction of sp³-hybridized carbons (Fsp3) is 0. The third kappa shape index (κ3) is 19.0. The summed E-state index contributed by atoms with van der Waals surface area (Å²) in [7, 11) is -2.17. The van der Waals surface area contributed by atoms with Crippen molar-refractivity contribution >= 4 is 19.3 Å². The number of hydrogen-bond acceptors (Lipinski definition) is 9. The monoisotopic (exact) mass is 210 g/mol. The molecular weight excluding hydrogens is 206 g/mol. The van der Waals surface area contributed by atoms with Crippen molar-refractivity contribution in [2.75, 3.05) is 0 Å². The quantitative estimate of drug-likeness (QED) is 0.153. The molecule has 0 bridgehead atoms. The van der Waals surface area contributed by atoms with Gasteiger partial charge in [0.1, 0.15) is 0 Å². The van der Waals surface area contributed by atoms with Crippen LogP contribution in [0.15, 0.2) is 0 Å². The van der Waals surface area contributed by atoms with Crippen molar-refractivity contribution in [3.8, 4) is 12.5 Å². The zero-order valence-corrected chi connectivity index (χ0v) is 7.45. The van der Waals surface area contributed by atoms with Crippen LogP contribution in [0.5, 0.6) is 0 Å². The van der Waals surface area contributed by atoms with E-state index in [0.717, 1.165) is 12.5 Å². The molecule has 0 fully saturated rings. The molecule has 76 valence electrons. The average Bonchev–Trinajstić information content (AvgIpc) is 2.04. The van der Waals surface area contributed by atoms with Crippen LogP contribution in [-0.4, -0.2) is 34.3 Å². The predicted molar refractivity (Wildman–Crippen MR) is 36.9 cm³/mol. The Balaban J connectivity index is -0.000000105. The summed E-state index contributed by atoms with van der Waals surface area (Å²) in [6, 6.07) is 0. The van der Waals surface area contributed by atoms with E-state index in [1.807, 2.05) is 0 Å². The summed E-state index contributed by atoms with van der Waals surface area (Å²) in [5.41, 5.74) is 0. The van der Waals surface area contributed by atoms with E-state index in [1.165, 1.54) is 0 Å². The van der Waals surface area contributed by atoms with Crippen LogP contribution in [0, 0.1) is 23.0 Å². The SMILES string of the molecule is N#COC(=O)C(=O)OC#N.OB(O)O.[H-].[Li+]. The van der Waals surface area contributed by atoms with Crippen molar-refractivity contribution in [3.05, 3.63) is 0 Å². The number of ether oxygens (including phenoxy) is 2. The van der Waals surface area contributed by atoms with E-state index in [4.69, 9.17) is 25.6 Å². The molecule has 0 aromatic heterocycles. The zero-order chi connectivity index (χ0) is 11.6. The van der Waals surface area contributed by atoms with Crippen LogP contribution >= 0.6 is 0 Å². The number of rotatable bonds is 0. The van der Waals surface area contributed by atoms with Crippen molar-refractivity contribution < 1.29 is 54.4 Å². The summed E-state index contributed by atoms with van der Waals surface area (Å²) in [5.74, 6) is -3.02. The third-order valence-corrected chi connectivity index (χ3v) is 0.443. The molecule has 0 rings (SSSR count). The van der Waals surface area contributed by atoms with Gasteiger partial charge in [-0.3, -0.25) is 0 Å². The zero-order valence-electron chi connectivity index (χ0n) is 8.45. The molecule has 0 unspecified atom stereocenters. The Hall–Kier alpha value is -1.54. The summed E-state index contributed by atoms with van der Waals surface area (Å²) in [4.78, 5) is 20.1. The molecule has 0 aliphatic carbocycles. The van der Waals surface area contributed by atoms with Crippen LogP contribution in [0.1, 0.15) is 1.43 Å². The molecule has 0 saturated heterocycles. The van der Waals surface area contributed by atoms with Crippen LogP contribution < -0.4 is 18.9 Å². The van der Waals surface area contributed by atoms with Crippen molar-refractivity contribution in [1.82, 2.24) is 0 Å². The van der Waals surface area contributed by atoms with Gasteiger partial charge in [-0.1, -0.05) is 0 Å². The van der Waals surface area contributed by atoms with Crippen molar-refractivity contribution in [3.63, 3.8) is 0 Å². The summed E-state index contributed by atoms with van der Waals surface area (Å²) >= 11 is 0. The van der Waals surface area contributed by atoms with E-state index >= 15 is 0 Å². The Bertz CT molecular complexity index is 258. The molecule has 0 aromatic carbocycles. The Morgan fingerprint density at radius 3 is 1.40 bits per heavy atom. The van der Waals surface area contributed by atoms with Crippen LogP contribution in [0.2, 0.25) is 0 Å². The maximum Gasteiger partial charge on any atom is 1.00 e. The maximum absolute atomic E-state index is 10.1. The number of carbonyl (C=O) groups excluding carboxylic acids is 2. The molecule has 0 aromatic rings. The minimum absolute atomic E-state index is 0. The van der Waals surface area contributed by atoms with Crippen LogP contribution in [-0.2, 0) is 19.1 Å². The van der Waals surface area contributed by atoms with E-state index in [-0.39, 0.29) is 20.3 Å². The van der Waals surface area contributed by atoms with Gasteiger partial charge in [-0.2, -0.15) is 0 Å². The molecule has 0 spiro atoms. The number of carbonyl (C=O) groups is 2. The van der Waals surface area contributed by atoms with E-state index in [0.29, 0.717) is 0 Å². The smallest absolute Gasteiger partial charge is 1.00 e. The Morgan fingerprint density at radius 1 is 1.07 bits per heavy atom. The Labute approximate surface area is 97.3 Å². The number of nitrogens with zero attached hydrogens (tertiary/aromatic N) is 2. The molecule has 0 saturated carbocycles. The van der Waals surface area contributed by atoms with Gasteiger partial charge in [0, 0.05) is 0 Å². The van der Waals surface area contributed by atoms with Crippen LogP contribution in [0.25, 0.3) is 0 Å².